The highest BCUT2D eigenvalue weighted by Gasteiger charge is 2.24. The number of ketones is 2. The summed E-state index contributed by atoms with van der Waals surface area (Å²) in [7, 11) is 0. The molecule has 1 aromatic rings. The van der Waals surface area contributed by atoms with Crippen LogP contribution in [0.3, 0.4) is 0 Å². The van der Waals surface area contributed by atoms with Gasteiger partial charge >= 0.3 is 0 Å². The highest BCUT2D eigenvalue weighted by Crippen LogP contribution is 1.97. The molecule has 14 heavy (non-hydrogen) atoms. The van der Waals surface area contributed by atoms with Crippen LogP contribution in [0.4, 0.5) is 0 Å². The Bertz CT molecular complexity index is 507. The van der Waals surface area contributed by atoms with E-state index in [1.807, 2.05) is 0 Å². The van der Waals surface area contributed by atoms with E-state index in [1.54, 1.807) is 24.3 Å². The standard InChI is InChI=1S/C10H8N2O2/c11-7-5-3-1-2-4-6(5)8(12)10(14)9(7)13/h1-4H,11-12H2. The Morgan fingerprint density at radius 3 is 1.50 bits per heavy atom. The van der Waals surface area contributed by atoms with Crippen LogP contribution < -0.4 is 21.9 Å². The van der Waals surface area contributed by atoms with Gasteiger partial charge in [-0.3, -0.25) is 9.59 Å². The van der Waals surface area contributed by atoms with Gasteiger partial charge in [0.2, 0.25) is 0 Å². The predicted octanol–water partition coefficient (Wildman–Crippen LogP) is -2.03. The molecular weight excluding hydrogens is 180 g/mol. The highest BCUT2D eigenvalue weighted by molar-refractivity contribution is 6.62. The van der Waals surface area contributed by atoms with E-state index in [9.17, 15) is 9.59 Å². The number of rotatable bonds is 0. The van der Waals surface area contributed by atoms with E-state index in [4.69, 9.17) is 11.5 Å². The number of carbonyl (C=O) groups excluding carboxylic acids is 2. The molecule has 0 atom stereocenters. The largest absolute Gasteiger partial charge is 0.395 e. The molecule has 0 aliphatic heterocycles. The lowest BCUT2D eigenvalue weighted by Crippen LogP contribution is -2.45. The summed E-state index contributed by atoms with van der Waals surface area (Å²) in [5.74, 6) is -1.44. The van der Waals surface area contributed by atoms with Crippen LogP contribution in [0.2, 0.25) is 0 Å². The van der Waals surface area contributed by atoms with Crippen LogP contribution in [0.25, 0.3) is 11.4 Å². The topological polar surface area (TPSA) is 86.2 Å². The highest BCUT2D eigenvalue weighted by atomic mass is 16.2. The van der Waals surface area contributed by atoms with Gasteiger partial charge in [0.1, 0.15) is 0 Å². The fourth-order valence-corrected chi connectivity index (χ4v) is 1.44. The molecule has 0 amide bonds. The third-order valence-electron chi connectivity index (χ3n) is 2.20. The zero-order valence-electron chi connectivity index (χ0n) is 7.28. The molecule has 70 valence electrons. The zero-order valence-corrected chi connectivity index (χ0v) is 7.28. The normalized spacial score (nSPS) is 15.7. The maximum absolute atomic E-state index is 11.3. The first kappa shape index (κ1) is 8.50. The van der Waals surface area contributed by atoms with Gasteiger partial charge in [-0.25, -0.2) is 0 Å². The van der Waals surface area contributed by atoms with Crippen molar-refractivity contribution in [3.8, 4) is 0 Å². The van der Waals surface area contributed by atoms with Crippen LogP contribution in [0.1, 0.15) is 0 Å². The number of benzene rings is 1. The number of hydrogen-bond acceptors (Lipinski definition) is 4. The summed E-state index contributed by atoms with van der Waals surface area (Å²) < 4.78 is 0. The summed E-state index contributed by atoms with van der Waals surface area (Å²) in [6.45, 7) is 0. The maximum Gasteiger partial charge on any atom is 0.251 e. The quantitative estimate of drug-likeness (QED) is 0.460. The number of fused-ring (bicyclic) bond motifs is 1. The summed E-state index contributed by atoms with van der Waals surface area (Å²) in [5.41, 5.74) is 11.0. The van der Waals surface area contributed by atoms with Crippen molar-refractivity contribution in [1.29, 1.82) is 0 Å². The van der Waals surface area contributed by atoms with Gasteiger partial charge in [0.15, 0.2) is 0 Å². The van der Waals surface area contributed by atoms with Gasteiger partial charge in [0.05, 0.1) is 11.4 Å². The Labute approximate surface area is 79.5 Å². The maximum atomic E-state index is 11.3. The third kappa shape index (κ3) is 0.939. The molecule has 1 aliphatic rings. The monoisotopic (exact) mass is 188 g/mol. The molecule has 4 heteroatoms. The fourth-order valence-electron chi connectivity index (χ4n) is 1.44. The van der Waals surface area contributed by atoms with Crippen molar-refractivity contribution >= 4 is 23.0 Å². The molecule has 0 spiro atoms. The molecule has 0 fully saturated rings. The van der Waals surface area contributed by atoms with E-state index in [0.717, 1.165) is 0 Å². The number of nitrogens with two attached hydrogens (primary N) is 2. The second-order valence-electron chi connectivity index (χ2n) is 3.03. The Morgan fingerprint density at radius 2 is 1.14 bits per heavy atom. The van der Waals surface area contributed by atoms with E-state index < -0.39 is 11.6 Å². The molecule has 1 aromatic carbocycles. The average molecular weight is 188 g/mol. The predicted molar refractivity (Wildman–Crippen MR) is 50.9 cm³/mol. The number of Topliss-reactive ketones (excluding diaryl/α,β-unsaturated/α-hetero) is 2. The molecule has 0 aromatic heterocycles. The van der Waals surface area contributed by atoms with Crippen molar-refractivity contribution in [3.63, 3.8) is 0 Å². The molecule has 0 radical (unpaired) electrons. The van der Waals surface area contributed by atoms with Gasteiger partial charge in [0, 0.05) is 10.4 Å². The van der Waals surface area contributed by atoms with Crippen molar-refractivity contribution in [1.82, 2.24) is 0 Å². The second kappa shape index (κ2) is 2.70. The SMILES string of the molecule is NC1=c2ccccc2=C(N)C(=O)C1=O. The minimum atomic E-state index is -0.721. The van der Waals surface area contributed by atoms with E-state index in [0.29, 0.717) is 10.4 Å². The van der Waals surface area contributed by atoms with Gasteiger partial charge < -0.3 is 11.5 Å². The summed E-state index contributed by atoms with van der Waals surface area (Å²) in [4.78, 5) is 22.6. The van der Waals surface area contributed by atoms with Crippen LogP contribution >= 0.6 is 0 Å². The van der Waals surface area contributed by atoms with Crippen LogP contribution in [-0.4, -0.2) is 11.6 Å². The average Bonchev–Trinajstić information content (AvgIpc) is 2.23. The van der Waals surface area contributed by atoms with E-state index in [1.165, 1.54) is 0 Å². The fraction of sp³-hybridized carbons (Fsp3) is 0. The van der Waals surface area contributed by atoms with Crippen molar-refractivity contribution < 1.29 is 9.59 Å². The van der Waals surface area contributed by atoms with Gasteiger partial charge in [-0.2, -0.15) is 0 Å². The summed E-state index contributed by atoms with van der Waals surface area (Å²) in [5, 5.41) is 1.07. The Morgan fingerprint density at radius 1 is 0.786 bits per heavy atom. The molecular formula is C10H8N2O2. The van der Waals surface area contributed by atoms with E-state index in [-0.39, 0.29) is 11.4 Å². The molecule has 0 unspecified atom stereocenters. The molecule has 4 N–H and O–H groups in total. The van der Waals surface area contributed by atoms with Gasteiger partial charge in [-0.05, 0) is 0 Å². The molecule has 0 heterocycles. The minimum absolute atomic E-state index is 0.0280. The first-order valence-corrected chi connectivity index (χ1v) is 4.06. The van der Waals surface area contributed by atoms with Crippen LogP contribution in [0.15, 0.2) is 24.3 Å². The van der Waals surface area contributed by atoms with Gasteiger partial charge in [0.25, 0.3) is 11.6 Å². The molecule has 1 aliphatic carbocycles. The third-order valence-corrected chi connectivity index (χ3v) is 2.20. The summed E-state index contributed by atoms with van der Waals surface area (Å²) >= 11 is 0. The molecule has 0 bridgehead atoms. The first-order valence-electron chi connectivity index (χ1n) is 4.06. The van der Waals surface area contributed by atoms with Crippen molar-refractivity contribution in [3.05, 3.63) is 34.7 Å². The van der Waals surface area contributed by atoms with Crippen molar-refractivity contribution in [2.24, 2.45) is 11.5 Å². The van der Waals surface area contributed by atoms with Gasteiger partial charge in [-0.15, -0.1) is 0 Å². The van der Waals surface area contributed by atoms with Crippen LogP contribution in [0, 0.1) is 0 Å². The van der Waals surface area contributed by atoms with E-state index in [2.05, 4.69) is 0 Å². The number of hydrogen-bond donors (Lipinski definition) is 2. The first-order chi connectivity index (χ1) is 6.63. The molecule has 2 rings (SSSR count). The lowest BCUT2D eigenvalue weighted by molar-refractivity contribution is -0.130. The summed E-state index contributed by atoms with van der Waals surface area (Å²) in [6.07, 6.45) is 0. The van der Waals surface area contributed by atoms with Crippen molar-refractivity contribution in [2.75, 3.05) is 0 Å². The Balaban J connectivity index is 3.06. The van der Waals surface area contributed by atoms with E-state index >= 15 is 0 Å². The molecule has 0 saturated heterocycles. The second-order valence-corrected chi connectivity index (χ2v) is 3.03. The zero-order chi connectivity index (χ0) is 10.3. The Kier molecular flexibility index (Phi) is 1.64. The van der Waals surface area contributed by atoms with Gasteiger partial charge in [-0.1, -0.05) is 24.3 Å². The summed E-state index contributed by atoms with van der Waals surface area (Å²) in [6, 6.07) is 6.81. The van der Waals surface area contributed by atoms with Crippen LogP contribution in [-0.2, 0) is 9.59 Å². The van der Waals surface area contributed by atoms with Crippen LogP contribution in [0.5, 0.6) is 0 Å². The Hall–Kier alpha value is -2.10. The smallest absolute Gasteiger partial charge is 0.251 e. The molecule has 0 saturated carbocycles. The molecule has 4 nitrogen and oxygen atoms in total. The van der Waals surface area contributed by atoms with Crippen molar-refractivity contribution in [2.45, 2.75) is 0 Å². The minimum Gasteiger partial charge on any atom is -0.395 e. The number of carbonyl (C=O) groups is 2. The lowest BCUT2D eigenvalue weighted by Gasteiger charge is -2.07. The lowest BCUT2D eigenvalue weighted by atomic mass is 10.0.